The first-order valence-electron chi connectivity index (χ1n) is 3.98. The Balaban J connectivity index is 3.27. The van der Waals surface area contributed by atoms with E-state index >= 15 is 0 Å². The largest absolute Gasteiger partial charge is 0.492 e. The SMILES string of the molecule is COc1c(F)cc(CC#N)nc1C(F)F. The number of nitrogens with zero attached hydrogens (tertiary/aromatic N) is 2. The van der Waals surface area contributed by atoms with Crippen molar-refractivity contribution in [2.45, 2.75) is 12.8 Å². The number of alkyl halides is 2. The standard InChI is InChI=1S/C9H7F3N2O/c1-15-8-6(10)4-5(2-3-13)14-7(8)9(11)12/h4,9H,2H2,1H3. The van der Waals surface area contributed by atoms with Crippen LogP contribution in [0.1, 0.15) is 17.8 Å². The van der Waals surface area contributed by atoms with Crippen LogP contribution in [0.15, 0.2) is 6.07 Å². The maximum Gasteiger partial charge on any atom is 0.284 e. The Kier molecular flexibility index (Phi) is 3.50. The Morgan fingerprint density at radius 3 is 2.73 bits per heavy atom. The zero-order chi connectivity index (χ0) is 11.4. The molecule has 0 spiro atoms. The third kappa shape index (κ3) is 2.37. The monoisotopic (exact) mass is 216 g/mol. The summed E-state index contributed by atoms with van der Waals surface area (Å²) in [5, 5.41) is 8.34. The summed E-state index contributed by atoms with van der Waals surface area (Å²) in [6.45, 7) is 0. The van der Waals surface area contributed by atoms with Crippen molar-refractivity contribution in [3.63, 3.8) is 0 Å². The lowest BCUT2D eigenvalue weighted by Gasteiger charge is -2.08. The van der Waals surface area contributed by atoms with Crippen molar-refractivity contribution in [3.05, 3.63) is 23.3 Å². The van der Waals surface area contributed by atoms with E-state index in [2.05, 4.69) is 9.72 Å². The van der Waals surface area contributed by atoms with Crippen LogP contribution in [0.2, 0.25) is 0 Å². The second-order valence-electron chi connectivity index (χ2n) is 2.65. The lowest BCUT2D eigenvalue weighted by molar-refractivity contribution is 0.140. The molecule has 1 aromatic heterocycles. The van der Waals surface area contributed by atoms with Crippen LogP contribution in [0.25, 0.3) is 0 Å². The summed E-state index contributed by atoms with van der Waals surface area (Å²) in [4.78, 5) is 3.46. The van der Waals surface area contributed by atoms with Gasteiger partial charge in [-0.1, -0.05) is 0 Å². The minimum atomic E-state index is -2.94. The van der Waals surface area contributed by atoms with Gasteiger partial charge in [-0.25, -0.2) is 18.2 Å². The number of pyridine rings is 1. The molecule has 0 radical (unpaired) electrons. The van der Waals surface area contributed by atoms with E-state index in [9.17, 15) is 13.2 Å². The fourth-order valence-corrected chi connectivity index (χ4v) is 1.09. The number of halogens is 3. The second kappa shape index (κ2) is 4.64. The number of rotatable bonds is 3. The number of ether oxygens (including phenoxy) is 1. The molecular formula is C9H7F3N2O. The van der Waals surface area contributed by atoms with E-state index in [1.165, 1.54) is 0 Å². The topological polar surface area (TPSA) is 45.9 Å². The van der Waals surface area contributed by atoms with Gasteiger partial charge in [0.1, 0.15) is 0 Å². The van der Waals surface area contributed by atoms with E-state index in [0.717, 1.165) is 13.2 Å². The summed E-state index contributed by atoms with van der Waals surface area (Å²) in [5.41, 5.74) is -0.811. The molecule has 0 aliphatic rings. The summed E-state index contributed by atoms with van der Waals surface area (Å²) < 4.78 is 42.5. The van der Waals surface area contributed by atoms with Gasteiger partial charge < -0.3 is 4.74 Å². The smallest absolute Gasteiger partial charge is 0.284 e. The fourth-order valence-electron chi connectivity index (χ4n) is 1.09. The molecule has 0 saturated carbocycles. The summed E-state index contributed by atoms with van der Waals surface area (Å²) in [7, 11) is 1.08. The normalized spacial score (nSPS) is 10.1. The van der Waals surface area contributed by atoms with Gasteiger partial charge in [0.25, 0.3) is 6.43 Å². The number of hydrogen-bond acceptors (Lipinski definition) is 3. The molecular weight excluding hydrogens is 209 g/mol. The first-order chi connectivity index (χ1) is 7.10. The fraction of sp³-hybridized carbons (Fsp3) is 0.333. The Hall–Kier alpha value is -1.77. The lowest BCUT2D eigenvalue weighted by atomic mass is 10.2. The van der Waals surface area contributed by atoms with E-state index in [4.69, 9.17) is 5.26 Å². The quantitative estimate of drug-likeness (QED) is 0.778. The highest BCUT2D eigenvalue weighted by atomic mass is 19.3. The van der Waals surface area contributed by atoms with E-state index in [0.29, 0.717) is 0 Å². The van der Waals surface area contributed by atoms with Crippen molar-refractivity contribution in [3.8, 4) is 11.8 Å². The van der Waals surface area contributed by atoms with Crippen LogP contribution in [0.3, 0.4) is 0 Å². The number of aromatic nitrogens is 1. The van der Waals surface area contributed by atoms with Gasteiger partial charge in [-0.2, -0.15) is 5.26 Å². The van der Waals surface area contributed by atoms with Crippen LogP contribution in [-0.4, -0.2) is 12.1 Å². The van der Waals surface area contributed by atoms with Crippen molar-refractivity contribution < 1.29 is 17.9 Å². The van der Waals surface area contributed by atoms with Gasteiger partial charge in [0.05, 0.1) is 25.3 Å². The van der Waals surface area contributed by atoms with E-state index in [1.807, 2.05) is 0 Å². The van der Waals surface area contributed by atoms with Crippen LogP contribution in [-0.2, 0) is 6.42 Å². The highest BCUT2D eigenvalue weighted by Gasteiger charge is 2.20. The van der Waals surface area contributed by atoms with Crippen molar-refractivity contribution >= 4 is 0 Å². The Labute approximate surface area is 84.1 Å². The molecule has 0 fully saturated rings. The average Bonchev–Trinajstić information content (AvgIpc) is 2.17. The van der Waals surface area contributed by atoms with E-state index in [1.54, 1.807) is 6.07 Å². The van der Waals surface area contributed by atoms with Crippen molar-refractivity contribution in [1.82, 2.24) is 4.98 Å². The van der Waals surface area contributed by atoms with E-state index in [-0.39, 0.29) is 12.1 Å². The summed E-state index contributed by atoms with van der Waals surface area (Å²) in [5.74, 6) is -1.51. The summed E-state index contributed by atoms with van der Waals surface area (Å²) in [6.07, 6.45) is -3.16. The van der Waals surface area contributed by atoms with Crippen molar-refractivity contribution in [2.24, 2.45) is 0 Å². The zero-order valence-electron chi connectivity index (χ0n) is 7.80. The van der Waals surface area contributed by atoms with Crippen LogP contribution in [0, 0.1) is 17.1 Å². The van der Waals surface area contributed by atoms with Crippen LogP contribution in [0.4, 0.5) is 13.2 Å². The van der Waals surface area contributed by atoms with Crippen molar-refractivity contribution in [2.75, 3.05) is 7.11 Å². The molecule has 0 saturated heterocycles. The number of methoxy groups -OCH3 is 1. The van der Waals surface area contributed by atoms with Crippen LogP contribution >= 0.6 is 0 Å². The third-order valence-corrected chi connectivity index (χ3v) is 1.68. The molecule has 15 heavy (non-hydrogen) atoms. The Bertz CT molecular complexity index is 401. The number of nitriles is 1. The minimum absolute atomic E-state index is 0.0360. The predicted molar refractivity (Wildman–Crippen MR) is 45.0 cm³/mol. The van der Waals surface area contributed by atoms with E-state index < -0.39 is 23.7 Å². The Morgan fingerprint density at radius 1 is 1.60 bits per heavy atom. The molecule has 0 aliphatic carbocycles. The number of hydrogen-bond donors (Lipinski definition) is 0. The molecule has 0 amide bonds. The second-order valence-corrected chi connectivity index (χ2v) is 2.65. The molecule has 80 valence electrons. The highest BCUT2D eigenvalue weighted by molar-refractivity contribution is 5.32. The van der Waals surface area contributed by atoms with Gasteiger partial charge in [0.15, 0.2) is 17.3 Å². The predicted octanol–water partition coefficient (Wildman–Crippen LogP) is 2.23. The Morgan fingerprint density at radius 2 is 2.27 bits per heavy atom. The molecule has 1 rings (SSSR count). The lowest BCUT2D eigenvalue weighted by Crippen LogP contribution is -2.03. The molecule has 0 atom stereocenters. The zero-order valence-corrected chi connectivity index (χ0v) is 7.80. The maximum atomic E-state index is 13.2. The van der Waals surface area contributed by atoms with Gasteiger partial charge in [0, 0.05) is 6.07 Å². The molecule has 0 aliphatic heterocycles. The minimum Gasteiger partial charge on any atom is -0.492 e. The highest BCUT2D eigenvalue weighted by Crippen LogP contribution is 2.29. The molecule has 1 heterocycles. The molecule has 0 N–H and O–H groups in total. The van der Waals surface area contributed by atoms with Gasteiger partial charge >= 0.3 is 0 Å². The van der Waals surface area contributed by atoms with Gasteiger partial charge in [-0.15, -0.1) is 0 Å². The first-order valence-corrected chi connectivity index (χ1v) is 3.98. The maximum absolute atomic E-state index is 13.2. The van der Waals surface area contributed by atoms with Crippen molar-refractivity contribution in [1.29, 1.82) is 5.26 Å². The third-order valence-electron chi connectivity index (χ3n) is 1.68. The molecule has 6 heteroatoms. The molecule has 3 nitrogen and oxygen atoms in total. The molecule has 0 unspecified atom stereocenters. The summed E-state index contributed by atoms with van der Waals surface area (Å²) >= 11 is 0. The molecule has 1 aromatic rings. The van der Waals surface area contributed by atoms with Gasteiger partial charge in [-0.3, -0.25) is 0 Å². The van der Waals surface area contributed by atoms with Gasteiger partial charge in [0.2, 0.25) is 0 Å². The first kappa shape index (κ1) is 11.3. The molecule has 0 aromatic carbocycles. The average molecular weight is 216 g/mol. The van der Waals surface area contributed by atoms with Gasteiger partial charge in [-0.05, 0) is 0 Å². The van der Waals surface area contributed by atoms with Crippen LogP contribution in [0.5, 0.6) is 5.75 Å². The summed E-state index contributed by atoms with van der Waals surface area (Å²) in [6, 6.07) is 2.61. The molecule has 0 bridgehead atoms. The van der Waals surface area contributed by atoms with Crippen LogP contribution < -0.4 is 4.74 Å².